The maximum Gasteiger partial charge on any atom is 0.392 e. The summed E-state index contributed by atoms with van der Waals surface area (Å²) >= 11 is 0. The molecular formula is C29H32F8N6O3. The molecule has 17 heteroatoms. The zero-order valence-electron chi connectivity index (χ0n) is 24.6. The van der Waals surface area contributed by atoms with Gasteiger partial charge in [-0.1, -0.05) is 12.1 Å². The zero-order chi connectivity index (χ0) is 33.4. The van der Waals surface area contributed by atoms with E-state index in [2.05, 4.69) is 25.8 Å². The highest BCUT2D eigenvalue weighted by Gasteiger charge is 2.41. The third kappa shape index (κ3) is 8.32. The molecule has 46 heavy (non-hydrogen) atoms. The van der Waals surface area contributed by atoms with Gasteiger partial charge in [0.25, 0.3) is 5.91 Å². The van der Waals surface area contributed by atoms with Crippen LogP contribution in [0.3, 0.4) is 0 Å². The van der Waals surface area contributed by atoms with E-state index < -0.39 is 86.1 Å². The van der Waals surface area contributed by atoms with E-state index in [4.69, 9.17) is 4.52 Å². The van der Waals surface area contributed by atoms with Gasteiger partial charge in [0, 0.05) is 44.5 Å². The van der Waals surface area contributed by atoms with Crippen LogP contribution in [0.1, 0.15) is 97.8 Å². The highest BCUT2D eigenvalue weighted by Crippen LogP contribution is 2.43. The number of hydrogen-bond acceptors (Lipinski definition) is 6. The Kier molecular flexibility index (Phi) is 9.33. The van der Waals surface area contributed by atoms with Crippen molar-refractivity contribution in [2.45, 2.75) is 95.1 Å². The van der Waals surface area contributed by atoms with E-state index in [1.807, 2.05) is 0 Å². The van der Waals surface area contributed by atoms with E-state index in [1.54, 1.807) is 12.3 Å². The number of amides is 2. The molecule has 3 aromatic heterocycles. The fourth-order valence-corrected chi connectivity index (χ4v) is 5.65. The largest absolute Gasteiger partial charge is 0.392 e. The van der Waals surface area contributed by atoms with Gasteiger partial charge in [-0.15, -0.1) is 0 Å². The topological polar surface area (TPSA) is 114 Å². The number of alkyl halides is 8. The molecule has 0 aromatic carbocycles. The van der Waals surface area contributed by atoms with Crippen LogP contribution in [0.25, 0.3) is 5.78 Å². The summed E-state index contributed by atoms with van der Waals surface area (Å²) in [4.78, 5) is 34.8. The van der Waals surface area contributed by atoms with E-state index >= 15 is 0 Å². The Hall–Kier alpha value is -3.79. The number of halogens is 8. The third-order valence-electron chi connectivity index (χ3n) is 8.52. The van der Waals surface area contributed by atoms with Crippen LogP contribution < -0.4 is 10.6 Å². The third-order valence-corrected chi connectivity index (χ3v) is 8.52. The number of hydrogen-bond donors (Lipinski definition) is 2. The van der Waals surface area contributed by atoms with Crippen molar-refractivity contribution in [3.8, 4) is 0 Å². The molecule has 9 nitrogen and oxygen atoms in total. The van der Waals surface area contributed by atoms with Crippen LogP contribution in [-0.4, -0.2) is 49.6 Å². The van der Waals surface area contributed by atoms with Crippen LogP contribution in [0.2, 0.25) is 0 Å². The van der Waals surface area contributed by atoms with Crippen molar-refractivity contribution in [2.75, 3.05) is 0 Å². The molecule has 3 aromatic rings. The first-order valence-corrected chi connectivity index (χ1v) is 14.9. The summed E-state index contributed by atoms with van der Waals surface area (Å²) in [6, 6.07) is 0.00746. The Morgan fingerprint density at radius 1 is 1.00 bits per heavy atom. The summed E-state index contributed by atoms with van der Waals surface area (Å²) in [5.74, 6) is -6.68. The lowest BCUT2D eigenvalue weighted by molar-refractivity contribution is -0.174. The number of carbonyl (C=O) groups excluding carboxylic acids is 2. The molecule has 0 spiro atoms. The lowest BCUT2D eigenvalue weighted by Crippen LogP contribution is -2.37. The summed E-state index contributed by atoms with van der Waals surface area (Å²) in [5.41, 5.74) is 0.203. The number of aryl methyl sites for hydroxylation is 1. The summed E-state index contributed by atoms with van der Waals surface area (Å²) in [6.45, 7) is 0.928. The van der Waals surface area contributed by atoms with Gasteiger partial charge in [-0.2, -0.15) is 26.3 Å². The smallest absolute Gasteiger partial charge is 0.364 e. The molecule has 5 rings (SSSR count). The first-order chi connectivity index (χ1) is 21.5. The zero-order valence-corrected chi connectivity index (χ0v) is 24.6. The number of aromatic nitrogens is 4. The minimum absolute atomic E-state index is 0.0272. The van der Waals surface area contributed by atoms with Gasteiger partial charge in [0.2, 0.25) is 17.6 Å². The first-order valence-electron chi connectivity index (χ1n) is 14.9. The molecule has 252 valence electrons. The van der Waals surface area contributed by atoms with Crippen molar-refractivity contribution in [1.82, 2.24) is 30.2 Å². The summed E-state index contributed by atoms with van der Waals surface area (Å²) < 4.78 is 112. The van der Waals surface area contributed by atoms with Crippen molar-refractivity contribution in [3.05, 3.63) is 47.4 Å². The lowest BCUT2D eigenvalue weighted by atomic mass is 9.81. The van der Waals surface area contributed by atoms with E-state index in [0.717, 1.165) is 26.0 Å². The molecule has 2 saturated carbocycles. The van der Waals surface area contributed by atoms with Crippen molar-refractivity contribution in [2.24, 2.45) is 17.8 Å². The second-order valence-corrected chi connectivity index (χ2v) is 12.2. The van der Waals surface area contributed by atoms with E-state index in [9.17, 15) is 44.7 Å². The Labute approximate surface area is 257 Å². The number of nitrogens with one attached hydrogen (secondary N) is 2. The molecule has 2 aliphatic carbocycles. The van der Waals surface area contributed by atoms with Crippen molar-refractivity contribution in [3.63, 3.8) is 0 Å². The van der Waals surface area contributed by atoms with Gasteiger partial charge in [0.1, 0.15) is 11.8 Å². The molecule has 2 N–H and O–H groups in total. The van der Waals surface area contributed by atoms with Crippen LogP contribution in [0.5, 0.6) is 0 Å². The Morgan fingerprint density at radius 2 is 1.63 bits per heavy atom. The van der Waals surface area contributed by atoms with Crippen LogP contribution >= 0.6 is 0 Å². The molecule has 2 aliphatic rings. The Morgan fingerprint density at radius 3 is 2.26 bits per heavy atom. The average molecular weight is 665 g/mol. The van der Waals surface area contributed by atoms with Crippen LogP contribution in [-0.2, 0) is 11.2 Å². The minimum atomic E-state index is -4.52. The van der Waals surface area contributed by atoms with Crippen LogP contribution in [0.15, 0.2) is 29.2 Å². The van der Waals surface area contributed by atoms with Gasteiger partial charge < -0.3 is 15.2 Å². The highest BCUT2D eigenvalue weighted by atomic mass is 19.4. The highest BCUT2D eigenvalue weighted by molar-refractivity contribution is 5.95. The lowest BCUT2D eigenvalue weighted by Gasteiger charge is -2.33. The predicted octanol–water partition coefficient (Wildman–Crippen LogP) is 6.66. The molecule has 0 unspecified atom stereocenters. The minimum Gasteiger partial charge on any atom is -0.364 e. The van der Waals surface area contributed by atoms with Gasteiger partial charge in [0.15, 0.2) is 0 Å². The van der Waals surface area contributed by atoms with E-state index in [0.29, 0.717) is 5.69 Å². The molecule has 0 saturated heterocycles. The molecule has 3 heterocycles. The quantitative estimate of drug-likeness (QED) is 0.222. The SMILES string of the molecule is C[C@H](CC(=O)N[C@H](c1ccn2cc([C@@H](NC(=O)c3conc3CCC(F)(F)F)C3CCC(F)(F)CC3)nc2n1)C1CC1)C(F)(F)F. The number of nitrogens with zero attached hydrogens (tertiary/aromatic N) is 4. The van der Waals surface area contributed by atoms with Crippen molar-refractivity contribution >= 4 is 17.6 Å². The summed E-state index contributed by atoms with van der Waals surface area (Å²) in [6.07, 6.45) is -6.87. The fourth-order valence-electron chi connectivity index (χ4n) is 5.65. The van der Waals surface area contributed by atoms with Crippen molar-refractivity contribution < 1.29 is 49.2 Å². The van der Waals surface area contributed by atoms with Gasteiger partial charge in [-0.3, -0.25) is 14.0 Å². The Balaban J connectivity index is 1.39. The van der Waals surface area contributed by atoms with Crippen LogP contribution in [0.4, 0.5) is 35.1 Å². The molecule has 0 bridgehead atoms. The van der Waals surface area contributed by atoms with Gasteiger partial charge >= 0.3 is 12.4 Å². The average Bonchev–Trinajstić information content (AvgIpc) is 3.53. The normalized spacial score (nSPS) is 19.5. The first kappa shape index (κ1) is 33.6. The summed E-state index contributed by atoms with van der Waals surface area (Å²) in [7, 11) is 0. The standard InChI is InChI=1S/C29H32F8N6O3/c1-15(29(35,36)37)12-22(44)40-23(16-2-3-16)20-7-11-43-13-21(39-26(43)38-20)24(17-4-8-27(30,31)9-5-17)41-25(45)18-14-46-42-19(18)6-10-28(32,33)34/h7,11,13-17,23-24H,2-6,8-10,12H2,1H3,(H,40,44)(H,41,45)/t15-,23+,24+/m1/s1. The number of carbonyl (C=O) groups is 2. The number of imidazole rings is 1. The van der Waals surface area contributed by atoms with Crippen molar-refractivity contribution in [1.29, 1.82) is 0 Å². The molecule has 2 amide bonds. The second kappa shape index (κ2) is 12.8. The van der Waals surface area contributed by atoms with E-state index in [1.165, 1.54) is 10.6 Å². The number of rotatable bonds is 11. The van der Waals surface area contributed by atoms with E-state index in [-0.39, 0.29) is 41.5 Å². The molecule has 0 radical (unpaired) electrons. The fraction of sp³-hybridized carbons (Fsp3) is 0.621. The second-order valence-electron chi connectivity index (χ2n) is 12.2. The van der Waals surface area contributed by atoms with Crippen LogP contribution in [0, 0.1) is 17.8 Å². The monoisotopic (exact) mass is 664 g/mol. The molecule has 0 aliphatic heterocycles. The Bertz CT molecular complexity index is 1540. The van der Waals surface area contributed by atoms with Gasteiger partial charge in [0.05, 0.1) is 35.1 Å². The maximum atomic E-state index is 14.0. The molecule has 3 atom stereocenters. The van der Waals surface area contributed by atoms with Gasteiger partial charge in [-0.25, -0.2) is 18.7 Å². The predicted molar refractivity (Wildman–Crippen MR) is 144 cm³/mol. The molecule has 2 fully saturated rings. The molecular weight excluding hydrogens is 632 g/mol. The summed E-state index contributed by atoms with van der Waals surface area (Å²) in [5, 5.41) is 8.93. The van der Waals surface area contributed by atoms with Gasteiger partial charge in [-0.05, 0) is 43.6 Å². The maximum absolute atomic E-state index is 14.0. The number of fused-ring (bicyclic) bond motifs is 1.